The number of aromatic amines is 1. The molecule has 1 aliphatic carbocycles. The van der Waals surface area contributed by atoms with Crippen LogP contribution in [0.3, 0.4) is 0 Å². The van der Waals surface area contributed by atoms with Crippen molar-refractivity contribution in [1.29, 1.82) is 0 Å². The number of nitrogens with zero attached hydrogens (tertiary/aromatic N) is 1. The second kappa shape index (κ2) is 9.25. The molecule has 184 valence electrons. The molecular formula is C32H28N2O3. The molecule has 0 radical (unpaired) electrons. The summed E-state index contributed by atoms with van der Waals surface area (Å²) in [6.45, 7) is 1.79. The highest BCUT2D eigenvalue weighted by Gasteiger charge is 2.14. The summed E-state index contributed by atoms with van der Waals surface area (Å²) in [5.41, 5.74) is 5.66. The molecule has 0 amide bonds. The normalized spacial score (nSPS) is 12.9. The Bertz CT molecular complexity index is 1820. The third-order valence-corrected chi connectivity index (χ3v) is 7.45. The zero-order valence-corrected chi connectivity index (χ0v) is 21.0. The topological polar surface area (TPSA) is 75.2 Å². The fourth-order valence-electron chi connectivity index (χ4n) is 5.62. The van der Waals surface area contributed by atoms with Crippen LogP contribution in [0.1, 0.15) is 40.2 Å². The lowest BCUT2D eigenvalue weighted by Gasteiger charge is -2.18. The van der Waals surface area contributed by atoms with Crippen LogP contribution in [0.4, 0.5) is 0 Å². The summed E-state index contributed by atoms with van der Waals surface area (Å²) in [5, 5.41) is 16.5. The van der Waals surface area contributed by atoms with Crippen molar-refractivity contribution < 1.29 is 14.6 Å². The smallest absolute Gasteiger partial charge is 0.354 e. The lowest BCUT2D eigenvalue weighted by Crippen LogP contribution is -2.02. The summed E-state index contributed by atoms with van der Waals surface area (Å²) in [4.78, 5) is 18.4. The van der Waals surface area contributed by atoms with Crippen molar-refractivity contribution in [2.24, 2.45) is 0 Å². The van der Waals surface area contributed by atoms with Gasteiger partial charge in [-0.15, -0.1) is 0 Å². The summed E-state index contributed by atoms with van der Waals surface area (Å²) in [6.07, 6.45) is 5.22. The van der Waals surface area contributed by atoms with Crippen molar-refractivity contribution >= 4 is 49.3 Å². The number of carboxylic acids is 1. The highest BCUT2D eigenvalue weighted by atomic mass is 16.5. The Morgan fingerprint density at radius 1 is 0.865 bits per heavy atom. The standard InChI is InChI=1S/C18H16.C14H12N2O3/c1-3-7-15-13(5-1)9-11-18-16-8-4-2-6-14(16)10-12-17(15)18;1-7-13-10(6-12(15-7)14(17)18)9-4-3-8(19-2)5-11(9)16-13/h1,3,5,7,9-12H,2,4,6,8H2;3-6,16H,1-2H3,(H,17,18). The lowest BCUT2D eigenvalue weighted by atomic mass is 9.86. The molecule has 7 rings (SSSR count). The number of pyridine rings is 1. The van der Waals surface area contributed by atoms with Crippen LogP contribution >= 0.6 is 0 Å². The zero-order valence-electron chi connectivity index (χ0n) is 21.0. The van der Waals surface area contributed by atoms with Gasteiger partial charge in [-0.25, -0.2) is 9.78 Å². The van der Waals surface area contributed by atoms with Crippen LogP contribution in [0.2, 0.25) is 0 Å². The van der Waals surface area contributed by atoms with Crippen LogP contribution in [0.25, 0.3) is 43.4 Å². The highest BCUT2D eigenvalue weighted by molar-refractivity contribution is 6.10. The molecule has 1 aliphatic rings. The number of hydrogen-bond donors (Lipinski definition) is 2. The minimum absolute atomic E-state index is 0.0571. The zero-order chi connectivity index (χ0) is 25.5. The van der Waals surface area contributed by atoms with Gasteiger partial charge in [0, 0.05) is 16.8 Å². The second-order valence-electron chi connectivity index (χ2n) is 9.65. The highest BCUT2D eigenvalue weighted by Crippen LogP contribution is 2.33. The summed E-state index contributed by atoms with van der Waals surface area (Å²) < 4.78 is 5.18. The first kappa shape index (κ1) is 23.0. The number of aromatic carboxylic acids is 1. The molecule has 5 nitrogen and oxygen atoms in total. The van der Waals surface area contributed by atoms with E-state index in [0.29, 0.717) is 5.69 Å². The van der Waals surface area contributed by atoms with Crippen LogP contribution in [-0.2, 0) is 12.8 Å². The number of benzene rings is 4. The summed E-state index contributed by atoms with van der Waals surface area (Å²) in [7, 11) is 1.61. The first-order valence-electron chi connectivity index (χ1n) is 12.7. The molecule has 0 saturated heterocycles. The van der Waals surface area contributed by atoms with Crippen LogP contribution in [-0.4, -0.2) is 28.2 Å². The number of hydrogen-bond acceptors (Lipinski definition) is 3. The number of carboxylic acid groups (broad SMARTS) is 1. The Balaban J connectivity index is 0.000000136. The average molecular weight is 489 g/mol. The Hall–Kier alpha value is -4.38. The first-order valence-corrected chi connectivity index (χ1v) is 12.7. The SMILES string of the molecule is COc1ccc2c(c1)[nH]c1c(C)nc(C(=O)O)cc12.c1ccc2c(c1)ccc1c3c(ccc12)CCCC3. The van der Waals surface area contributed by atoms with Gasteiger partial charge in [0.2, 0.25) is 0 Å². The molecule has 2 heterocycles. The van der Waals surface area contributed by atoms with E-state index in [4.69, 9.17) is 9.84 Å². The molecule has 37 heavy (non-hydrogen) atoms. The van der Waals surface area contributed by atoms with Gasteiger partial charge in [-0.1, -0.05) is 48.5 Å². The molecule has 0 atom stereocenters. The number of rotatable bonds is 2. The lowest BCUT2D eigenvalue weighted by molar-refractivity contribution is 0.0690. The molecule has 2 aromatic heterocycles. The van der Waals surface area contributed by atoms with Crippen molar-refractivity contribution in [3.8, 4) is 5.75 Å². The van der Waals surface area contributed by atoms with Gasteiger partial charge in [0.25, 0.3) is 0 Å². The molecule has 2 N–H and O–H groups in total. The van der Waals surface area contributed by atoms with E-state index < -0.39 is 5.97 Å². The predicted molar refractivity (Wildman–Crippen MR) is 150 cm³/mol. The van der Waals surface area contributed by atoms with Crippen LogP contribution < -0.4 is 4.74 Å². The molecule has 0 fully saturated rings. The van der Waals surface area contributed by atoms with Crippen molar-refractivity contribution in [2.75, 3.05) is 7.11 Å². The fraction of sp³-hybridized carbons (Fsp3) is 0.188. The monoisotopic (exact) mass is 488 g/mol. The van der Waals surface area contributed by atoms with Crippen molar-refractivity contribution in [3.05, 3.63) is 95.3 Å². The maximum absolute atomic E-state index is 11.1. The molecule has 4 aromatic carbocycles. The Kier molecular flexibility index (Phi) is 5.76. The van der Waals surface area contributed by atoms with Crippen LogP contribution in [0.15, 0.2) is 72.8 Å². The quantitative estimate of drug-likeness (QED) is 0.246. The number of aryl methyl sites for hydroxylation is 3. The van der Waals surface area contributed by atoms with Gasteiger partial charge in [0.15, 0.2) is 0 Å². The van der Waals surface area contributed by atoms with Gasteiger partial charge in [0.05, 0.1) is 23.8 Å². The largest absolute Gasteiger partial charge is 0.497 e. The Labute approximate surface area is 214 Å². The van der Waals surface area contributed by atoms with Crippen molar-refractivity contribution in [1.82, 2.24) is 9.97 Å². The summed E-state index contributed by atoms with van der Waals surface area (Å²) >= 11 is 0. The molecule has 0 bridgehead atoms. The summed E-state index contributed by atoms with van der Waals surface area (Å²) in [5.74, 6) is -0.268. The number of H-pyrrole nitrogens is 1. The van der Waals surface area contributed by atoms with Gasteiger partial charge >= 0.3 is 5.97 Å². The molecule has 0 saturated carbocycles. The second-order valence-corrected chi connectivity index (χ2v) is 9.65. The predicted octanol–water partition coefficient (Wildman–Crippen LogP) is 7.60. The van der Waals surface area contributed by atoms with E-state index in [9.17, 15) is 4.79 Å². The first-order chi connectivity index (χ1) is 18.0. The number of nitrogens with one attached hydrogen (secondary N) is 1. The van der Waals surface area contributed by atoms with E-state index in [2.05, 4.69) is 58.5 Å². The molecule has 0 spiro atoms. The van der Waals surface area contributed by atoms with Gasteiger partial charge in [-0.3, -0.25) is 0 Å². The van der Waals surface area contributed by atoms with E-state index in [0.717, 1.165) is 27.6 Å². The molecular weight excluding hydrogens is 460 g/mol. The van der Waals surface area contributed by atoms with Gasteiger partial charge in [0.1, 0.15) is 11.4 Å². The van der Waals surface area contributed by atoms with E-state index in [1.54, 1.807) is 31.2 Å². The van der Waals surface area contributed by atoms with Gasteiger partial charge < -0.3 is 14.8 Å². The van der Waals surface area contributed by atoms with Crippen LogP contribution in [0.5, 0.6) is 5.75 Å². The van der Waals surface area contributed by atoms with E-state index in [1.807, 2.05) is 18.2 Å². The molecule has 6 aromatic rings. The minimum atomic E-state index is -1.02. The number of methoxy groups -OCH3 is 1. The fourth-order valence-corrected chi connectivity index (χ4v) is 5.62. The maximum Gasteiger partial charge on any atom is 0.354 e. The van der Waals surface area contributed by atoms with E-state index in [1.165, 1.54) is 47.2 Å². The van der Waals surface area contributed by atoms with E-state index in [-0.39, 0.29) is 5.69 Å². The molecule has 5 heteroatoms. The Morgan fingerprint density at radius 2 is 1.65 bits per heavy atom. The third-order valence-electron chi connectivity index (χ3n) is 7.45. The van der Waals surface area contributed by atoms with E-state index >= 15 is 0 Å². The number of ether oxygens (including phenoxy) is 1. The van der Waals surface area contributed by atoms with Crippen molar-refractivity contribution in [3.63, 3.8) is 0 Å². The van der Waals surface area contributed by atoms with Gasteiger partial charge in [-0.05, 0) is 83.5 Å². The third kappa shape index (κ3) is 4.06. The van der Waals surface area contributed by atoms with Crippen LogP contribution in [0, 0.1) is 6.92 Å². The summed E-state index contributed by atoms with van der Waals surface area (Å²) in [6, 6.07) is 25.2. The van der Waals surface area contributed by atoms with Gasteiger partial charge in [-0.2, -0.15) is 0 Å². The minimum Gasteiger partial charge on any atom is -0.497 e. The Morgan fingerprint density at radius 3 is 2.49 bits per heavy atom. The number of aromatic nitrogens is 2. The number of fused-ring (bicyclic) bond motifs is 8. The molecule has 0 unspecified atom stereocenters. The maximum atomic E-state index is 11.1. The van der Waals surface area contributed by atoms with Crippen molar-refractivity contribution in [2.45, 2.75) is 32.6 Å². The average Bonchev–Trinajstić information content (AvgIpc) is 3.31. The number of carbonyl (C=O) groups is 1. The molecule has 0 aliphatic heterocycles.